The van der Waals surface area contributed by atoms with Gasteiger partial charge in [0.15, 0.2) is 0 Å². The van der Waals surface area contributed by atoms with Crippen LogP contribution in [0.3, 0.4) is 0 Å². The summed E-state index contributed by atoms with van der Waals surface area (Å²) >= 11 is 5.90. The maximum absolute atomic E-state index is 11.2. The van der Waals surface area contributed by atoms with E-state index in [0.29, 0.717) is 12.4 Å². The Morgan fingerprint density at radius 1 is 1.19 bits per heavy atom. The van der Waals surface area contributed by atoms with Gasteiger partial charge in [0.2, 0.25) is 0 Å². The second-order valence-electron chi connectivity index (χ2n) is 4.41. The maximum Gasteiger partial charge on any atom is 0.341 e. The van der Waals surface area contributed by atoms with Crippen LogP contribution >= 0.6 is 11.6 Å². The zero-order valence-corrected chi connectivity index (χ0v) is 12.3. The molecule has 0 bridgehead atoms. The van der Waals surface area contributed by atoms with E-state index in [2.05, 4.69) is 0 Å². The molecule has 0 aliphatic rings. The standard InChI is InChI=1S/C16H15ClO4/c1-20-10-9-11-5-7-12(8-6-11)21-14-4-2-3-13(17)15(14)16(18)19/h2-8H,9-10H2,1H3,(H,18,19). The van der Waals surface area contributed by atoms with Crippen LogP contribution in [-0.4, -0.2) is 24.8 Å². The van der Waals surface area contributed by atoms with Gasteiger partial charge in [-0.2, -0.15) is 0 Å². The fraction of sp³-hybridized carbons (Fsp3) is 0.188. The van der Waals surface area contributed by atoms with Gasteiger partial charge in [-0.1, -0.05) is 29.8 Å². The van der Waals surface area contributed by atoms with E-state index in [9.17, 15) is 9.90 Å². The van der Waals surface area contributed by atoms with E-state index < -0.39 is 5.97 Å². The number of carbonyl (C=O) groups is 1. The van der Waals surface area contributed by atoms with Crippen LogP contribution in [0, 0.1) is 0 Å². The van der Waals surface area contributed by atoms with Gasteiger partial charge in [0.05, 0.1) is 11.6 Å². The largest absolute Gasteiger partial charge is 0.478 e. The number of aromatic carboxylic acids is 1. The van der Waals surface area contributed by atoms with Crippen molar-refractivity contribution in [1.82, 2.24) is 0 Å². The van der Waals surface area contributed by atoms with Crippen LogP contribution in [0.1, 0.15) is 15.9 Å². The fourth-order valence-electron chi connectivity index (χ4n) is 1.87. The number of hydrogen-bond acceptors (Lipinski definition) is 3. The number of benzene rings is 2. The third-order valence-electron chi connectivity index (χ3n) is 2.94. The number of hydrogen-bond donors (Lipinski definition) is 1. The summed E-state index contributed by atoms with van der Waals surface area (Å²) in [4.78, 5) is 11.2. The predicted octanol–water partition coefficient (Wildman–Crippen LogP) is 4.02. The molecule has 0 unspecified atom stereocenters. The molecule has 0 atom stereocenters. The molecule has 2 aromatic rings. The Morgan fingerprint density at radius 3 is 2.52 bits per heavy atom. The summed E-state index contributed by atoms with van der Waals surface area (Å²) in [5, 5.41) is 9.34. The number of halogens is 1. The molecule has 0 saturated carbocycles. The molecule has 0 aliphatic heterocycles. The van der Waals surface area contributed by atoms with Gasteiger partial charge in [-0.05, 0) is 36.2 Å². The third kappa shape index (κ3) is 3.97. The second kappa shape index (κ2) is 7.11. The summed E-state index contributed by atoms with van der Waals surface area (Å²) in [6.07, 6.45) is 0.814. The lowest BCUT2D eigenvalue weighted by molar-refractivity contribution is 0.0694. The maximum atomic E-state index is 11.2. The number of methoxy groups -OCH3 is 1. The van der Waals surface area contributed by atoms with Gasteiger partial charge in [0.1, 0.15) is 17.1 Å². The van der Waals surface area contributed by atoms with Crippen molar-refractivity contribution in [2.24, 2.45) is 0 Å². The Balaban J connectivity index is 2.19. The van der Waals surface area contributed by atoms with Crippen LogP contribution < -0.4 is 4.74 Å². The highest BCUT2D eigenvalue weighted by molar-refractivity contribution is 6.33. The normalized spacial score (nSPS) is 10.4. The quantitative estimate of drug-likeness (QED) is 0.875. The lowest BCUT2D eigenvalue weighted by Gasteiger charge is -2.10. The minimum Gasteiger partial charge on any atom is -0.478 e. The van der Waals surface area contributed by atoms with Gasteiger partial charge in [-0.25, -0.2) is 4.79 Å². The Kier molecular flexibility index (Phi) is 5.20. The molecular weight excluding hydrogens is 292 g/mol. The average molecular weight is 307 g/mol. The molecule has 0 fully saturated rings. The van der Waals surface area contributed by atoms with Crippen LogP contribution in [0.5, 0.6) is 11.5 Å². The molecule has 110 valence electrons. The highest BCUT2D eigenvalue weighted by atomic mass is 35.5. The number of rotatable bonds is 6. The fourth-order valence-corrected chi connectivity index (χ4v) is 2.11. The highest BCUT2D eigenvalue weighted by Crippen LogP contribution is 2.30. The lowest BCUT2D eigenvalue weighted by atomic mass is 10.1. The van der Waals surface area contributed by atoms with Crippen LogP contribution in [0.4, 0.5) is 0 Å². The molecule has 2 rings (SSSR count). The van der Waals surface area contributed by atoms with Gasteiger partial charge in [0.25, 0.3) is 0 Å². The summed E-state index contributed by atoms with van der Waals surface area (Å²) in [6, 6.07) is 12.2. The molecule has 0 aliphatic carbocycles. The van der Waals surface area contributed by atoms with Gasteiger partial charge in [0, 0.05) is 7.11 Å². The molecule has 0 amide bonds. The highest BCUT2D eigenvalue weighted by Gasteiger charge is 2.16. The first kappa shape index (κ1) is 15.4. The third-order valence-corrected chi connectivity index (χ3v) is 3.25. The van der Waals surface area contributed by atoms with Crippen molar-refractivity contribution in [3.05, 3.63) is 58.6 Å². The number of ether oxygens (including phenoxy) is 2. The average Bonchev–Trinajstić information content (AvgIpc) is 2.46. The van der Waals surface area contributed by atoms with Crippen LogP contribution in [0.25, 0.3) is 0 Å². The smallest absolute Gasteiger partial charge is 0.341 e. The molecule has 0 spiro atoms. The predicted molar refractivity (Wildman–Crippen MR) is 80.5 cm³/mol. The minimum atomic E-state index is -1.12. The van der Waals surface area contributed by atoms with Gasteiger partial charge < -0.3 is 14.6 Å². The van der Waals surface area contributed by atoms with Gasteiger partial charge >= 0.3 is 5.97 Å². The molecule has 0 aromatic heterocycles. The lowest BCUT2D eigenvalue weighted by Crippen LogP contribution is -2.01. The summed E-state index contributed by atoms with van der Waals surface area (Å²) in [5.41, 5.74) is 1.08. The van der Waals surface area contributed by atoms with Crippen molar-refractivity contribution in [2.45, 2.75) is 6.42 Å². The number of carboxylic acids is 1. The summed E-state index contributed by atoms with van der Waals surface area (Å²) in [5.74, 6) is -0.340. The zero-order chi connectivity index (χ0) is 15.2. The van der Waals surface area contributed by atoms with E-state index in [-0.39, 0.29) is 16.3 Å². The molecular formula is C16H15ClO4. The Morgan fingerprint density at radius 2 is 1.90 bits per heavy atom. The van der Waals surface area contributed by atoms with Crippen molar-refractivity contribution in [2.75, 3.05) is 13.7 Å². The molecule has 2 aromatic carbocycles. The first-order valence-corrected chi connectivity index (χ1v) is 6.77. The molecule has 4 nitrogen and oxygen atoms in total. The topological polar surface area (TPSA) is 55.8 Å². The first-order valence-electron chi connectivity index (χ1n) is 6.39. The van der Waals surface area contributed by atoms with Gasteiger partial charge in [-0.3, -0.25) is 0 Å². The Bertz CT molecular complexity index is 623. The summed E-state index contributed by atoms with van der Waals surface area (Å²) in [7, 11) is 1.66. The second-order valence-corrected chi connectivity index (χ2v) is 4.81. The zero-order valence-electron chi connectivity index (χ0n) is 11.5. The van der Waals surface area contributed by atoms with Crippen LogP contribution in [-0.2, 0) is 11.2 Å². The SMILES string of the molecule is COCCc1ccc(Oc2cccc(Cl)c2C(=O)O)cc1. The van der Waals surface area contributed by atoms with E-state index in [1.807, 2.05) is 12.1 Å². The monoisotopic (exact) mass is 306 g/mol. The molecule has 5 heteroatoms. The molecule has 21 heavy (non-hydrogen) atoms. The molecule has 0 saturated heterocycles. The van der Waals surface area contributed by atoms with E-state index >= 15 is 0 Å². The molecule has 0 radical (unpaired) electrons. The van der Waals surface area contributed by atoms with E-state index in [4.69, 9.17) is 21.1 Å². The summed E-state index contributed by atoms with van der Waals surface area (Å²) < 4.78 is 10.6. The van der Waals surface area contributed by atoms with Crippen molar-refractivity contribution in [1.29, 1.82) is 0 Å². The minimum absolute atomic E-state index is 0.0392. The Labute approximate surface area is 127 Å². The van der Waals surface area contributed by atoms with Crippen LogP contribution in [0.2, 0.25) is 5.02 Å². The van der Waals surface area contributed by atoms with Crippen LogP contribution in [0.15, 0.2) is 42.5 Å². The number of carboxylic acid groups (broad SMARTS) is 1. The summed E-state index contributed by atoms with van der Waals surface area (Å²) in [6.45, 7) is 0.650. The van der Waals surface area contributed by atoms with Crippen molar-refractivity contribution in [3.8, 4) is 11.5 Å². The van der Waals surface area contributed by atoms with E-state index in [1.54, 1.807) is 31.4 Å². The molecule has 0 heterocycles. The van der Waals surface area contributed by atoms with E-state index in [1.165, 1.54) is 6.07 Å². The molecule has 1 N–H and O–H groups in total. The Hall–Kier alpha value is -2.04. The van der Waals surface area contributed by atoms with Gasteiger partial charge in [-0.15, -0.1) is 0 Å². The van der Waals surface area contributed by atoms with Crippen molar-refractivity contribution >= 4 is 17.6 Å². The first-order chi connectivity index (χ1) is 10.1. The van der Waals surface area contributed by atoms with Crippen molar-refractivity contribution in [3.63, 3.8) is 0 Å². The van der Waals surface area contributed by atoms with E-state index in [0.717, 1.165) is 12.0 Å². The van der Waals surface area contributed by atoms with Crippen molar-refractivity contribution < 1.29 is 19.4 Å².